The van der Waals surface area contributed by atoms with Crippen LogP contribution in [-0.2, 0) is 0 Å². The number of thioether (sulfide) groups is 1. The quantitative estimate of drug-likeness (QED) is 0.725. The first kappa shape index (κ1) is 14.3. The molecule has 1 aromatic rings. The minimum absolute atomic E-state index is 0.0511. The molecule has 0 bridgehead atoms. The van der Waals surface area contributed by atoms with Crippen molar-refractivity contribution in [1.82, 2.24) is 4.90 Å². The first-order valence-electron chi connectivity index (χ1n) is 5.86. The van der Waals surface area contributed by atoms with E-state index in [0.29, 0.717) is 0 Å². The zero-order valence-electron chi connectivity index (χ0n) is 11.1. The first-order chi connectivity index (χ1) is 8.06. The monoisotopic (exact) mass is 251 g/mol. The van der Waals surface area contributed by atoms with Crippen molar-refractivity contribution in [2.75, 3.05) is 25.6 Å². The Kier molecular flexibility index (Phi) is 5.72. The van der Waals surface area contributed by atoms with Crippen molar-refractivity contribution in [2.45, 2.75) is 19.9 Å². The van der Waals surface area contributed by atoms with Crippen LogP contribution in [-0.4, -0.2) is 42.3 Å². The molecule has 1 atom stereocenters. The van der Waals surface area contributed by atoms with E-state index in [9.17, 15) is 4.79 Å². The summed E-state index contributed by atoms with van der Waals surface area (Å²) in [4.78, 5) is 14.3. The van der Waals surface area contributed by atoms with Gasteiger partial charge in [0.15, 0.2) is 5.78 Å². The lowest BCUT2D eigenvalue weighted by Crippen LogP contribution is -2.37. The van der Waals surface area contributed by atoms with Crippen LogP contribution in [0.5, 0.6) is 0 Å². The van der Waals surface area contributed by atoms with E-state index in [-0.39, 0.29) is 11.8 Å². The maximum absolute atomic E-state index is 12.2. The summed E-state index contributed by atoms with van der Waals surface area (Å²) in [5.41, 5.74) is 1.99. The molecule has 0 fully saturated rings. The van der Waals surface area contributed by atoms with Crippen LogP contribution in [0, 0.1) is 6.92 Å². The molecule has 2 nitrogen and oxygen atoms in total. The highest BCUT2D eigenvalue weighted by atomic mass is 32.2. The number of carbonyl (C=O) groups excluding carboxylic acids is 1. The lowest BCUT2D eigenvalue weighted by atomic mass is 10.0. The van der Waals surface area contributed by atoms with Gasteiger partial charge in [0.05, 0.1) is 6.04 Å². The minimum Gasteiger partial charge on any atom is -0.296 e. The molecule has 0 aliphatic heterocycles. The molecule has 1 aromatic carbocycles. The first-order valence-corrected chi connectivity index (χ1v) is 7.25. The summed E-state index contributed by atoms with van der Waals surface area (Å²) in [5, 5.41) is 0. The van der Waals surface area contributed by atoms with Crippen LogP contribution in [0.3, 0.4) is 0 Å². The van der Waals surface area contributed by atoms with E-state index < -0.39 is 0 Å². The molecule has 0 amide bonds. The van der Waals surface area contributed by atoms with Gasteiger partial charge in [0.25, 0.3) is 0 Å². The van der Waals surface area contributed by atoms with Crippen LogP contribution in [0.4, 0.5) is 0 Å². The van der Waals surface area contributed by atoms with E-state index in [4.69, 9.17) is 0 Å². The molecular formula is C14H21NOS. The van der Waals surface area contributed by atoms with Crippen molar-refractivity contribution in [3.05, 3.63) is 35.4 Å². The topological polar surface area (TPSA) is 20.3 Å². The average molecular weight is 251 g/mol. The fourth-order valence-electron chi connectivity index (χ4n) is 1.59. The van der Waals surface area contributed by atoms with E-state index in [1.54, 1.807) is 11.8 Å². The highest BCUT2D eigenvalue weighted by molar-refractivity contribution is 7.98. The van der Waals surface area contributed by atoms with Gasteiger partial charge >= 0.3 is 0 Å². The molecule has 0 saturated carbocycles. The number of Topliss-reactive ketones (excluding diaryl/α,β-unsaturated/α-hetero) is 1. The van der Waals surface area contributed by atoms with E-state index in [2.05, 4.69) is 11.2 Å². The van der Waals surface area contributed by atoms with Gasteiger partial charge in [-0.05, 0) is 27.2 Å². The summed E-state index contributed by atoms with van der Waals surface area (Å²) in [5.74, 6) is 1.26. The van der Waals surface area contributed by atoms with E-state index in [1.807, 2.05) is 45.2 Å². The summed E-state index contributed by atoms with van der Waals surface area (Å²) in [6.07, 6.45) is 2.08. The molecule has 0 radical (unpaired) electrons. The maximum atomic E-state index is 12.2. The van der Waals surface area contributed by atoms with E-state index >= 15 is 0 Å². The highest BCUT2D eigenvalue weighted by Gasteiger charge is 2.18. The summed E-state index contributed by atoms with van der Waals surface area (Å²) in [6, 6.07) is 7.75. The number of benzene rings is 1. The molecule has 1 rings (SSSR count). The van der Waals surface area contributed by atoms with Crippen LogP contribution >= 0.6 is 11.8 Å². The minimum atomic E-state index is -0.0511. The Morgan fingerprint density at radius 3 is 2.47 bits per heavy atom. The van der Waals surface area contributed by atoms with Gasteiger partial charge in [-0.25, -0.2) is 0 Å². The van der Waals surface area contributed by atoms with Crippen molar-refractivity contribution in [3.8, 4) is 0 Å². The Balaban J connectivity index is 2.65. The maximum Gasteiger partial charge on any atom is 0.179 e. The summed E-state index contributed by atoms with van der Waals surface area (Å²) < 4.78 is 0. The van der Waals surface area contributed by atoms with E-state index in [1.165, 1.54) is 5.56 Å². The standard InChI is InChI=1S/C14H21NOS/c1-11-5-7-13(8-6-11)14(16)12(2)15(3)9-10-17-4/h5-8,12H,9-10H2,1-4H3. The predicted octanol–water partition coefficient (Wildman–Crippen LogP) is 2.86. The largest absolute Gasteiger partial charge is 0.296 e. The number of carbonyl (C=O) groups is 1. The third-order valence-corrected chi connectivity index (χ3v) is 3.62. The van der Waals surface area contributed by atoms with Gasteiger partial charge in [-0.1, -0.05) is 29.8 Å². The Morgan fingerprint density at radius 2 is 1.94 bits per heavy atom. The van der Waals surface area contributed by atoms with Crippen LogP contribution in [0.1, 0.15) is 22.8 Å². The number of rotatable bonds is 6. The number of ketones is 1. The summed E-state index contributed by atoms with van der Waals surface area (Å²) in [6.45, 7) is 4.95. The van der Waals surface area contributed by atoms with Gasteiger partial charge in [-0.15, -0.1) is 0 Å². The SMILES string of the molecule is CSCCN(C)C(C)C(=O)c1ccc(C)cc1. The molecular weight excluding hydrogens is 230 g/mol. The molecule has 0 aliphatic rings. The zero-order chi connectivity index (χ0) is 12.8. The number of hydrogen-bond donors (Lipinski definition) is 0. The molecule has 0 N–H and O–H groups in total. The smallest absolute Gasteiger partial charge is 0.179 e. The third-order valence-electron chi connectivity index (χ3n) is 3.02. The molecule has 0 saturated heterocycles. The molecule has 0 aliphatic carbocycles. The van der Waals surface area contributed by atoms with Gasteiger partial charge in [0, 0.05) is 17.9 Å². The Morgan fingerprint density at radius 1 is 1.35 bits per heavy atom. The van der Waals surface area contributed by atoms with Gasteiger partial charge in [-0.3, -0.25) is 9.69 Å². The van der Waals surface area contributed by atoms with Crippen molar-refractivity contribution >= 4 is 17.5 Å². The third kappa shape index (κ3) is 4.17. The normalized spacial score (nSPS) is 12.8. The average Bonchev–Trinajstić information content (AvgIpc) is 2.35. The molecule has 17 heavy (non-hydrogen) atoms. The van der Waals surface area contributed by atoms with Crippen LogP contribution < -0.4 is 0 Å². The van der Waals surface area contributed by atoms with E-state index in [0.717, 1.165) is 17.9 Å². The second-order valence-corrected chi connectivity index (χ2v) is 5.37. The number of nitrogens with zero attached hydrogens (tertiary/aromatic N) is 1. The fraction of sp³-hybridized carbons (Fsp3) is 0.500. The molecule has 3 heteroatoms. The summed E-state index contributed by atoms with van der Waals surface area (Å²) in [7, 11) is 2.01. The Hall–Kier alpha value is -0.800. The predicted molar refractivity (Wildman–Crippen MR) is 76.0 cm³/mol. The molecule has 94 valence electrons. The second kappa shape index (κ2) is 6.82. The van der Waals surface area contributed by atoms with Crippen LogP contribution in [0.2, 0.25) is 0 Å². The number of aryl methyl sites for hydroxylation is 1. The lowest BCUT2D eigenvalue weighted by molar-refractivity contribution is 0.0875. The van der Waals surface area contributed by atoms with Crippen LogP contribution in [0.15, 0.2) is 24.3 Å². The lowest BCUT2D eigenvalue weighted by Gasteiger charge is -2.23. The van der Waals surface area contributed by atoms with Crippen LogP contribution in [0.25, 0.3) is 0 Å². The highest BCUT2D eigenvalue weighted by Crippen LogP contribution is 2.10. The van der Waals surface area contributed by atoms with Gasteiger partial charge in [0.1, 0.15) is 0 Å². The fourth-order valence-corrected chi connectivity index (χ4v) is 2.06. The van der Waals surface area contributed by atoms with Crippen molar-refractivity contribution < 1.29 is 4.79 Å². The van der Waals surface area contributed by atoms with Gasteiger partial charge in [-0.2, -0.15) is 11.8 Å². The molecule has 0 spiro atoms. The summed E-state index contributed by atoms with van der Waals surface area (Å²) >= 11 is 1.80. The van der Waals surface area contributed by atoms with Crippen molar-refractivity contribution in [3.63, 3.8) is 0 Å². The molecule has 0 aromatic heterocycles. The van der Waals surface area contributed by atoms with Gasteiger partial charge < -0.3 is 0 Å². The Bertz CT molecular complexity index is 361. The number of likely N-dealkylation sites (N-methyl/N-ethyl adjacent to an activating group) is 1. The van der Waals surface area contributed by atoms with Crippen molar-refractivity contribution in [1.29, 1.82) is 0 Å². The molecule has 1 unspecified atom stereocenters. The zero-order valence-corrected chi connectivity index (χ0v) is 11.9. The number of hydrogen-bond acceptors (Lipinski definition) is 3. The van der Waals surface area contributed by atoms with Crippen molar-refractivity contribution in [2.24, 2.45) is 0 Å². The molecule has 0 heterocycles. The van der Waals surface area contributed by atoms with Gasteiger partial charge in [0.2, 0.25) is 0 Å². The Labute approximate surface area is 108 Å². The second-order valence-electron chi connectivity index (χ2n) is 4.38.